The Bertz CT molecular complexity index is 389. The molecule has 1 aliphatic rings. The highest BCUT2D eigenvalue weighted by molar-refractivity contribution is 5.82. The zero-order valence-electron chi connectivity index (χ0n) is 11.9. The summed E-state index contributed by atoms with van der Waals surface area (Å²) in [6.45, 7) is 4.69. The zero-order chi connectivity index (χ0) is 13.7. The van der Waals surface area contributed by atoms with Crippen LogP contribution in [-0.4, -0.2) is 30.9 Å². The maximum atomic E-state index is 12.8. The molecular weight excluding hydrogens is 240 g/mol. The van der Waals surface area contributed by atoms with Crippen LogP contribution in [0.1, 0.15) is 38.2 Å². The van der Waals surface area contributed by atoms with Gasteiger partial charge >= 0.3 is 0 Å². The molecule has 4 heteroatoms. The average molecular weight is 264 g/mol. The van der Waals surface area contributed by atoms with E-state index in [0.29, 0.717) is 6.54 Å². The number of nitrogens with one attached hydrogen (secondary N) is 1. The van der Waals surface area contributed by atoms with Crippen LogP contribution in [0, 0.1) is 5.41 Å². The lowest BCUT2D eigenvalue weighted by Gasteiger charge is -2.39. The maximum absolute atomic E-state index is 12.8. The Morgan fingerprint density at radius 3 is 2.79 bits per heavy atom. The van der Waals surface area contributed by atoms with Crippen molar-refractivity contribution in [2.24, 2.45) is 5.41 Å². The van der Waals surface area contributed by atoms with Crippen molar-refractivity contribution >= 4 is 5.91 Å². The fourth-order valence-corrected chi connectivity index (χ4v) is 3.09. The number of carbonyl (C=O) groups excluding carboxylic acids is 1. The molecule has 0 radical (unpaired) electrons. The van der Waals surface area contributed by atoms with Gasteiger partial charge in [0.25, 0.3) is 0 Å². The third kappa shape index (κ3) is 3.18. The van der Waals surface area contributed by atoms with E-state index in [1.54, 1.807) is 12.5 Å². The molecule has 1 saturated heterocycles. The van der Waals surface area contributed by atoms with E-state index in [4.69, 9.17) is 4.42 Å². The fourth-order valence-electron chi connectivity index (χ4n) is 3.09. The first-order valence-corrected chi connectivity index (χ1v) is 7.15. The number of nitrogens with zero attached hydrogens (tertiary/aromatic N) is 1. The Labute approximate surface area is 115 Å². The van der Waals surface area contributed by atoms with Gasteiger partial charge in [0.15, 0.2) is 0 Å². The second-order valence-corrected chi connectivity index (χ2v) is 5.57. The standard InChI is InChI=1S/C15H24N2O2/c1-3-5-15(6-8-16-9-7-15)14(18)17(2)11-13-4-10-19-12-13/h4,10,12,16H,3,5-9,11H2,1-2H3. The summed E-state index contributed by atoms with van der Waals surface area (Å²) in [7, 11) is 1.90. The molecule has 2 rings (SSSR count). The predicted molar refractivity (Wildman–Crippen MR) is 74.6 cm³/mol. The highest BCUT2D eigenvalue weighted by Gasteiger charge is 2.40. The lowest BCUT2D eigenvalue weighted by atomic mass is 9.74. The Morgan fingerprint density at radius 2 is 2.21 bits per heavy atom. The van der Waals surface area contributed by atoms with Gasteiger partial charge in [-0.2, -0.15) is 0 Å². The summed E-state index contributed by atoms with van der Waals surface area (Å²) >= 11 is 0. The van der Waals surface area contributed by atoms with Crippen LogP contribution in [0.25, 0.3) is 0 Å². The minimum atomic E-state index is -0.154. The van der Waals surface area contributed by atoms with Crippen LogP contribution in [0.3, 0.4) is 0 Å². The van der Waals surface area contributed by atoms with Gasteiger partial charge in [-0.25, -0.2) is 0 Å². The SMILES string of the molecule is CCCC1(C(=O)N(C)Cc2ccoc2)CCNCC1. The van der Waals surface area contributed by atoms with Crippen molar-refractivity contribution in [2.75, 3.05) is 20.1 Å². The van der Waals surface area contributed by atoms with Crippen LogP contribution in [0.4, 0.5) is 0 Å². The number of rotatable bonds is 5. The molecule has 1 aromatic heterocycles. The van der Waals surface area contributed by atoms with Gasteiger partial charge in [0.05, 0.1) is 17.9 Å². The second-order valence-electron chi connectivity index (χ2n) is 5.57. The topological polar surface area (TPSA) is 45.5 Å². The summed E-state index contributed by atoms with van der Waals surface area (Å²) in [6, 6.07) is 1.92. The fraction of sp³-hybridized carbons (Fsp3) is 0.667. The molecule has 4 nitrogen and oxygen atoms in total. The minimum Gasteiger partial charge on any atom is -0.472 e. The van der Waals surface area contributed by atoms with E-state index in [2.05, 4.69) is 12.2 Å². The molecule has 0 unspecified atom stereocenters. The molecule has 1 N–H and O–H groups in total. The molecular formula is C15H24N2O2. The monoisotopic (exact) mass is 264 g/mol. The molecule has 2 heterocycles. The van der Waals surface area contributed by atoms with Crippen LogP contribution < -0.4 is 5.32 Å². The number of amides is 1. The van der Waals surface area contributed by atoms with Crippen molar-refractivity contribution in [2.45, 2.75) is 39.2 Å². The summed E-state index contributed by atoms with van der Waals surface area (Å²) in [4.78, 5) is 14.7. The van der Waals surface area contributed by atoms with Crippen molar-refractivity contribution < 1.29 is 9.21 Å². The van der Waals surface area contributed by atoms with Gasteiger partial charge in [0.2, 0.25) is 5.91 Å². The number of carbonyl (C=O) groups is 1. The van der Waals surface area contributed by atoms with E-state index >= 15 is 0 Å². The molecule has 106 valence electrons. The van der Waals surface area contributed by atoms with Gasteiger partial charge in [-0.3, -0.25) is 4.79 Å². The number of hydrogen-bond donors (Lipinski definition) is 1. The first kappa shape index (κ1) is 14.1. The van der Waals surface area contributed by atoms with Gasteiger partial charge in [0, 0.05) is 19.2 Å². The van der Waals surface area contributed by atoms with Crippen molar-refractivity contribution in [3.05, 3.63) is 24.2 Å². The van der Waals surface area contributed by atoms with Crippen molar-refractivity contribution in [1.82, 2.24) is 10.2 Å². The Morgan fingerprint density at radius 1 is 1.47 bits per heavy atom. The van der Waals surface area contributed by atoms with Gasteiger partial charge in [-0.15, -0.1) is 0 Å². The zero-order valence-corrected chi connectivity index (χ0v) is 11.9. The first-order valence-electron chi connectivity index (χ1n) is 7.15. The summed E-state index contributed by atoms with van der Waals surface area (Å²) in [5.41, 5.74) is 0.898. The normalized spacial score (nSPS) is 18.2. The number of hydrogen-bond acceptors (Lipinski definition) is 3. The molecule has 1 aromatic rings. The highest BCUT2D eigenvalue weighted by atomic mass is 16.3. The molecule has 0 atom stereocenters. The molecule has 19 heavy (non-hydrogen) atoms. The van der Waals surface area contributed by atoms with E-state index in [1.807, 2.05) is 18.0 Å². The quantitative estimate of drug-likeness (QED) is 0.888. The van der Waals surface area contributed by atoms with E-state index < -0.39 is 0 Å². The Balaban J connectivity index is 2.05. The predicted octanol–water partition coefficient (Wildman–Crippen LogP) is 2.41. The van der Waals surface area contributed by atoms with Crippen molar-refractivity contribution in [3.8, 4) is 0 Å². The van der Waals surface area contributed by atoms with E-state index in [0.717, 1.165) is 44.3 Å². The highest BCUT2D eigenvalue weighted by Crippen LogP contribution is 2.36. The molecule has 0 spiro atoms. The molecule has 1 amide bonds. The average Bonchev–Trinajstić information content (AvgIpc) is 2.92. The lowest BCUT2D eigenvalue weighted by Crippen LogP contribution is -2.47. The minimum absolute atomic E-state index is 0.154. The van der Waals surface area contributed by atoms with E-state index in [1.165, 1.54) is 0 Å². The summed E-state index contributed by atoms with van der Waals surface area (Å²) < 4.78 is 5.07. The van der Waals surface area contributed by atoms with Crippen LogP contribution in [0.15, 0.2) is 23.0 Å². The summed E-state index contributed by atoms with van der Waals surface area (Å²) in [5, 5.41) is 3.35. The van der Waals surface area contributed by atoms with Crippen molar-refractivity contribution in [1.29, 1.82) is 0 Å². The molecule has 0 aromatic carbocycles. The molecule has 0 bridgehead atoms. The number of piperidine rings is 1. The first-order chi connectivity index (χ1) is 9.18. The third-order valence-corrected chi connectivity index (χ3v) is 4.09. The van der Waals surface area contributed by atoms with E-state index in [9.17, 15) is 4.79 Å². The number of furan rings is 1. The van der Waals surface area contributed by atoms with E-state index in [-0.39, 0.29) is 11.3 Å². The molecule has 1 fully saturated rings. The summed E-state index contributed by atoms with van der Waals surface area (Å²) in [6.07, 6.45) is 7.32. The molecule has 1 aliphatic heterocycles. The van der Waals surface area contributed by atoms with Gasteiger partial charge in [0.1, 0.15) is 0 Å². The van der Waals surface area contributed by atoms with Crippen LogP contribution in [0.2, 0.25) is 0 Å². The largest absolute Gasteiger partial charge is 0.472 e. The summed E-state index contributed by atoms with van der Waals surface area (Å²) in [5.74, 6) is 0.289. The Hall–Kier alpha value is -1.29. The molecule has 0 aliphatic carbocycles. The van der Waals surface area contributed by atoms with Gasteiger partial charge < -0.3 is 14.6 Å². The van der Waals surface area contributed by atoms with Gasteiger partial charge in [-0.1, -0.05) is 13.3 Å². The van der Waals surface area contributed by atoms with Crippen molar-refractivity contribution in [3.63, 3.8) is 0 Å². The molecule has 0 saturated carbocycles. The maximum Gasteiger partial charge on any atom is 0.228 e. The van der Waals surface area contributed by atoms with Crippen LogP contribution in [0.5, 0.6) is 0 Å². The Kier molecular flexibility index (Phi) is 4.64. The smallest absolute Gasteiger partial charge is 0.228 e. The van der Waals surface area contributed by atoms with Crippen LogP contribution >= 0.6 is 0 Å². The second kappa shape index (κ2) is 6.24. The third-order valence-electron chi connectivity index (χ3n) is 4.09. The van der Waals surface area contributed by atoms with Gasteiger partial charge in [-0.05, 0) is 38.4 Å². The lowest BCUT2D eigenvalue weighted by molar-refractivity contribution is -0.143. The van der Waals surface area contributed by atoms with Crippen LogP contribution in [-0.2, 0) is 11.3 Å².